The van der Waals surface area contributed by atoms with E-state index in [9.17, 15) is 0 Å². The van der Waals surface area contributed by atoms with E-state index in [1.54, 1.807) is 0 Å². The number of aryl methyl sites for hydroxylation is 1. The summed E-state index contributed by atoms with van der Waals surface area (Å²) in [5.41, 5.74) is 10.1. The maximum absolute atomic E-state index is 5.58. The van der Waals surface area contributed by atoms with Crippen molar-refractivity contribution in [3.8, 4) is 11.4 Å². The van der Waals surface area contributed by atoms with Gasteiger partial charge >= 0.3 is 0 Å². The van der Waals surface area contributed by atoms with E-state index in [-0.39, 0.29) is 0 Å². The van der Waals surface area contributed by atoms with Gasteiger partial charge in [-0.2, -0.15) is 10.2 Å². The lowest BCUT2D eigenvalue weighted by molar-refractivity contribution is 0.675. The highest BCUT2D eigenvalue weighted by Gasteiger charge is 2.18. The van der Waals surface area contributed by atoms with Crippen LogP contribution in [0.3, 0.4) is 0 Å². The van der Waals surface area contributed by atoms with Crippen molar-refractivity contribution in [1.29, 1.82) is 0 Å². The van der Waals surface area contributed by atoms with Gasteiger partial charge in [-0.25, -0.2) is 0 Å². The summed E-state index contributed by atoms with van der Waals surface area (Å²) in [5, 5.41) is 14.2. The van der Waals surface area contributed by atoms with E-state index < -0.39 is 0 Å². The van der Waals surface area contributed by atoms with Crippen LogP contribution in [-0.2, 0) is 12.8 Å². The minimum absolute atomic E-state index is 0.512. The summed E-state index contributed by atoms with van der Waals surface area (Å²) in [5.74, 6) is 0.512. The van der Waals surface area contributed by atoms with Crippen LogP contribution in [0.15, 0.2) is 6.07 Å². The molecule has 1 aliphatic carbocycles. The lowest BCUT2D eigenvalue weighted by atomic mass is 9.95. The molecule has 78 valence electrons. The van der Waals surface area contributed by atoms with Crippen LogP contribution >= 0.6 is 0 Å². The zero-order chi connectivity index (χ0) is 10.3. The van der Waals surface area contributed by atoms with E-state index in [2.05, 4.69) is 20.4 Å². The molecule has 0 aliphatic heterocycles. The van der Waals surface area contributed by atoms with Gasteiger partial charge in [-0.15, -0.1) is 0 Å². The summed E-state index contributed by atoms with van der Waals surface area (Å²) < 4.78 is 0. The molecule has 0 unspecified atom stereocenters. The summed E-state index contributed by atoms with van der Waals surface area (Å²) in [4.78, 5) is 0. The van der Waals surface area contributed by atoms with Crippen LogP contribution in [0.25, 0.3) is 11.4 Å². The maximum Gasteiger partial charge on any atom is 0.145 e. The predicted molar refractivity (Wildman–Crippen MR) is 57.2 cm³/mol. The number of hydrogen-bond donors (Lipinski definition) is 3. The highest BCUT2D eigenvalue weighted by atomic mass is 15.2. The quantitative estimate of drug-likeness (QED) is 0.652. The van der Waals surface area contributed by atoms with Crippen molar-refractivity contribution in [2.45, 2.75) is 25.7 Å². The number of aromatic nitrogens is 4. The van der Waals surface area contributed by atoms with Crippen molar-refractivity contribution in [3.05, 3.63) is 17.3 Å². The first-order valence-corrected chi connectivity index (χ1v) is 5.22. The molecule has 5 heteroatoms. The normalized spacial score (nSPS) is 15.2. The molecule has 0 amide bonds. The molecular formula is C10H13N5. The highest BCUT2D eigenvalue weighted by Crippen LogP contribution is 2.28. The molecule has 2 heterocycles. The minimum atomic E-state index is 0.512. The average molecular weight is 203 g/mol. The molecule has 5 nitrogen and oxygen atoms in total. The Bertz CT molecular complexity index is 482. The Balaban J connectivity index is 2.08. The molecule has 0 bridgehead atoms. The van der Waals surface area contributed by atoms with Gasteiger partial charge in [0.1, 0.15) is 11.5 Å². The third-order valence-corrected chi connectivity index (χ3v) is 2.91. The molecule has 1 aliphatic rings. The number of H-pyrrole nitrogens is 2. The smallest absolute Gasteiger partial charge is 0.145 e. The molecule has 0 fully saturated rings. The first kappa shape index (κ1) is 8.52. The molecule has 0 saturated heterocycles. The number of nitrogen functional groups attached to an aromatic ring is 1. The first-order chi connectivity index (χ1) is 7.34. The fraction of sp³-hybridized carbons (Fsp3) is 0.400. The topological polar surface area (TPSA) is 83.4 Å². The largest absolute Gasteiger partial charge is 0.382 e. The van der Waals surface area contributed by atoms with Crippen molar-refractivity contribution >= 4 is 5.82 Å². The molecule has 0 aromatic carbocycles. The third kappa shape index (κ3) is 1.31. The monoisotopic (exact) mass is 203 g/mol. The number of nitrogens with two attached hydrogens (primary N) is 1. The zero-order valence-corrected chi connectivity index (χ0v) is 8.38. The van der Waals surface area contributed by atoms with Crippen LogP contribution in [-0.4, -0.2) is 20.4 Å². The Morgan fingerprint density at radius 2 is 2.00 bits per heavy atom. The van der Waals surface area contributed by atoms with Crippen LogP contribution in [0.5, 0.6) is 0 Å². The molecular weight excluding hydrogens is 190 g/mol. The van der Waals surface area contributed by atoms with Gasteiger partial charge in [0.2, 0.25) is 0 Å². The fourth-order valence-electron chi connectivity index (χ4n) is 2.16. The molecule has 0 radical (unpaired) electrons. The first-order valence-electron chi connectivity index (χ1n) is 5.22. The van der Waals surface area contributed by atoms with E-state index in [1.807, 2.05) is 6.07 Å². The SMILES string of the molecule is Nc1cc(-c2n[nH]c3c2CCCC3)[nH]n1. The molecule has 2 aromatic heterocycles. The van der Waals surface area contributed by atoms with Gasteiger partial charge in [-0.05, 0) is 25.7 Å². The lowest BCUT2D eigenvalue weighted by Crippen LogP contribution is -2.01. The van der Waals surface area contributed by atoms with Crippen LogP contribution in [0.4, 0.5) is 5.82 Å². The number of aromatic amines is 2. The minimum Gasteiger partial charge on any atom is -0.382 e. The number of hydrogen-bond acceptors (Lipinski definition) is 3. The number of fused-ring (bicyclic) bond motifs is 1. The molecule has 3 rings (SSSR count). The number of nitrogens with one attached hydrogen (secondary N) is 2. The summed E-state index contributed by atoms with van der Waals surface area (Å²) in [7, 11) is 0. The maximum atomic E-state index is 5.58. The van der Waals surface area contributed by atoms with Gasteiger partial charge < -0.3 is 5.73 Å². The second-order valence-corrected chi connectivity index (χ2v) is 3.94. The number of rotatable bonds is 1. The van der Waals surface area contributed by atoms with Gasteiger partial charge in [0.15, 0.2) is 0 Å². The zero-order valence-electron chi connectivity index (χ0n) is 8.38. The molecule has 15 heavy (non-hydrogen) atoms. The summed E-state index contributed by atoms with van der Waals surface area (Å²) >= 11 is 0. The van der Waals surface area contributed by atoms with Crippen molar-refractivity contribution < 1.29 is 0 Å². The van der Waals surface area contributed by atoms with E-state index in [1.165, 1.54) is 24.1 Å². The summed E-state index contributed by atoms with van der Waals surface area (Å²) in [6.45, 7) is 0. The van der Waals surface area contributed by atoms with Gasteiger partial charge in [-0.3, -0.25) is 10.2 Å². The highest BCUT2D eigenvalue weighted by molar-refractivity contribution is 5.62. The molecule has 4 N–H and O–H groups in total. The Hall–Kier alpha value is -1.78. The third-order valence-electron chi connectivity index (χ3n) is 2.91. The van der Waals surface area contributed by atoms with Crippen molar-refractivity contribution in [1.82, 2.24) is 20.4 Å². The Morgan fingerprint density at radius 1 is 1.13 bits per heavy atom. The number of nitrogens with zero attached hydrogens (tertiary/aromatic N) is 2. The van der Waals surface area contributed by atoms with E-state index >= 15 is 0 Å². The summed E-state index contributed by atoms with van der Waals surface area (Å²) in [6.07, 6.45) is 4.69. The van der Waals surface area contributed by atoms with Crippen molar-refractivity contribution in [3.63, 3.8) is 0 Å². The fourth-order valence-corrected chi connectivity index (χ4v) is 2.16. The molecule has 0 atom stereocenters. The Labute approximate surface area is 87.1 Å². The lowest BCUT2D eigenvalue weighted by Gasteiger charge is -2.10. The number of anilines is 1. The Kier molecular flexibility index (Phi) is 1.77. The van der Waals surface area contributed by atoms with Gasteiger partial charge in [-0.1, -0.05) is 0 Å². The van der Waals surface area contributed by atoms with E-state index in [0.29, 0.717) is 5.82 Å². The van der Waals surface area contributed by atoms with Crippen LogP contribution in [0.2, 0.25) is 0 Å². The van der Waals surface area contributed by atoms with Crippen LogP contribution in [0.1, 0.15) is 24.1 Å². The van der Waals surface area contributed by atoms with E-state index in [0.717, 1.165) is 24.2 Å². The molecule has 0 saturated carbocycles. The second-order valence-electron chi connectivity index (χ2n) is 3.94. The van der Waals surface area contributed by atoms with E-state index in [4.69, 9.17) is 5.73 Å². The Morgan fingerprint density at radius 3 is 2.80 bits per heavy atom. The van der Waals surface area contributed by atoms with Gasteiger partial charge in [0.05, 0.1) is 5.69 Å². The molecule has 0 spiro atoms. The van der Waals surface area contributed by atoms with Crippen molar-refractivity contribution in [2.24, 2.45) is 0 Å². The second kappa shape index (κ2) is 3.12. The van der Waals surface area contributed by atoms with Crippen molar-refractivity contribution in [2.75, 3.05) is 5.73 Å². The van der Waals surface area contributed by atoms with Gasteiger partial charge in [0.25, 0.3) is 0 Å². The standard InChI is InChI=1S/C10H13N5/c11-9-5-8(13-14-9)10-6-3-1-2-4-7(6)12-15-10/h5H,1-4H2,(H,12,15)(H3,11,13,14). The molecule has 2 aromatic rings. The predicted octanol–water partition coefficient (Wildman–Crippen LogP) is 1.26. The van der Waals surface area contributed by atoms with Crippen LogP contribution in [0, 0.1) is 0 Å². The average Bonchev–Trinajstić information content (AvgIpc) is 2.83. The van der Waals surface area contributed by atoms with Crippen LogP contribution < -0.4 is 5.73 Å². The van der Waals surface area contributed by atoms with Gasteiger partial charge in [0, 0.05) is 17.3 Å². The summed E-state index contributed by atoms with van der Waals surface area (Å²) in [6, 6.07) is 1.82.